The van der Waals surface area contributed by atoms with E-state index in [1.807, 2.05) is 40.8 Å². The third kappa shape index (κ3) is 46.4. The van der Waals surface area contributed by atoms with Crippen molar-refractivity contribution in [1.82, 2.24) is 5.32 Å². The fourth-order valence-corrected chi connectivity index (χ4v) is 6.28. The Morgan fingerprint density at radius 2 is 1.19 bits per heavy atom. The first-order chi connectivity index (χ1) is 25.3. The second-order valence-corrected chi connectivity index (χ2v) is 16.1. The zero-order valence-corrected chi connectivity index (χ0v) is 38.3. The van der Waals surface area contributed by atoms with Crippen molar-refractivity contribution in [2.45, 2.75) is 211 Å². The number of aliphatic hydroxyl groups is 2. The van der Waals surface area contributed by atoms with Crippen LogP contribution in [0.5, 0.6) is 0 Å². The van der Waals surface area contributed by atoms with E-state index in [0.717, 1.165) is 43.6 Å². The number of hydrogen-bond donors (Lipinski definition) is 4. The molecule has 2 atom stereocenters. The number of thiol groups is 1. The standard InChI is InChI=1S/C24H40OS.C19H37N.C3H6.C2H6.CH4O.CH4/c1-18(2)23(26)22-14-12-20(13-15-22)16-21(17-24(4,5)6)11-9-7-8-10-19(3)25;1-4-5-6-7-8-9-10-11-12-13-14-15-16-17-18-19(2)20-3;1-3-2;2*1-2;/h12-15,19,21,25-26H,7-11,16-17H2,1-6H3;4,20H,1-2,5-18H2,3H3;3H,1H2,2H3;1-2H3;2H,1H3;1H4. The van der Waals surface area contributed by atoms with Crippen molar-refractivity contribution < 1.29 is 10.2 Å². The summed E-state index contributed by atoms with van der Waals surface area (Å²) in [5, 5.41) is 19.5. The molecule has 2 unspecified atom stereocenters. The third-order valence-electron chi connectivity index (χ3n) is 8.85. The van der Waals surface area contributed by atoms with Gasteiger partial charge >= 0.3 is 0 Å². The molecule has 1 aromatic carbocycles. The Hall–Kier alpha value is -1.75. The van der Waals surface area contributed by atoms with E-state index in [1.54, 1.807) is 6.08 Å². The predicted octanol–water partition coefficient (Wildman–Crippen LogP) is 16.1. The maximum Gasteiger partial charge on any atom is 0.0512 e. The number of hydrogen-bond acceptors (Lipinski definition) is 4. The van der Waals surface area contributed by atoms with E-state index in [-0.39, 0.29) is 13.5 Å². The smallest absolute Gasteiger partial charge is 0.0512 e. The fraction of sp³-hybridized carbons (Fsp3) is 0.720. The molecule has 0 saturated heterocycles. The van der Waals surface area contributed by atoms with Gasteiger partial charge in [-0.15, -0.1) is 25.8 Å². The van der Waals surface area contributed by atoms with Gasteiger partial charge in [-0.1, -0.05) is 181 Å². The van der Waals surface area contributed by atoms with Crippen molar-refractivity contribution in [1.29, 1.82) is 0 Å². The van der Waals surface area contributed by atoms with Crippen LogP contribution in [0, 0.1) is 11.3 Å². The molecule has 0 aliphatic carbocycles. The van der Waals surface area contributed by atoms with Gasteiger partial charge < -0.3 is 15.5 Å². The van der Waals surface area contributed by atoms with Crippen LogP contribution in [0.4, 0.5) is 0 Å². The molecule has 0 radical (unpaired) electrons. The van der Waals surface area contributed by atoms with Gasteiger partial charge in [0.25, 0.3) is 0 Å². The molecule has 0 aromatic heterocycles. The van der Waals surface area contributed by atoms with Gasteiger partial charge in [-0.2, -0.15) is 0 Å². The third-order valence-corrected chi connectivity index (χ3v) is 9.56. The number of allylic oxidation sites excluding steroid dienone is 4. The van der Waals surface area contributed by atoms with E-state index in [2.05, 4.69) is 96.6 Å². The summed E-state index contributed by atoms with van der Waals surface area (Å²) in [7, 11) is 2.96. The highest BCUT2D eigenvalue weighted by atomic mass is 32.1. The summed E-state index contributed by atoms with van der Waals surface area (Å²) in [6.45, 7) is 30.1. The number of benzene rings is 1. The van der Waals surface area contributed by atoms with E-state index in [1.165, 1.54) is 132 Å². The van der Waals surface area contributed by atoms with E-state index in [4.69, 9.17) is 5.11 Å². The van der Waals surface area contributed by atoms with Crippen LogP contribution in [0.25, 0.3) is 4.91 Å². The minimum absolute atomic E-state index is 0. The minimum Gasteiger partial charge on any atom is -0.400 e. The molecule has 0 spiro atoms. The highest BCUT2D eigenvalue weighted by Gasteiger charge is 2.19. The summed E-state index contributed by atoms with van der Waals surface area (Å²) >= 11 is 4.62. The van der Waals surface area contributed by atoms with Crippen LogP contribution in [0.15, 0.2) is 67.4 Å². The van der Waals surface area contributed by atoms with E-state index < -0.39 is 0 Å². The van der Waals surface area contributed by atoms with Crippen LogP contribution >= 0.6 is 12.6 Å². The van der Waals surface area contributed by atoms with Crippen molar-refractivity contribution in [3.8, 4) is 0 Å². The Labute approximate surface area is 346 Å². The molecule has 0 aliphatic rings. The van der Waals surface area contributed by atoms with Gasteiger partial charge in [0.05, 0.1) is 6.10 Å². The van der Waals surface area contributed by atoms with Gasteiger partial charge in [-0.05, 0) is 95.1 Å². The van der Waals surface area contributed by atoms with Crippen molar-refractivity contribution >= 4 is 17.5 Å². The lowest BCUT2D eigenvalue weighted by atomic mass is 9.79. The molecule has 320 valence electrons. The van der Waals surface area contributed by atoms with Gasteiger partial charge in [0.2, 0.25) is 0 Å². The van der Waals surface area contributed by atoms with Crippen molar-refractivity contribution in [2.75, 3.05) is 14.2 Å². The van der Waals surface area contributed by atoms with Crippen LogP contribution in [0.3, 0.4) is 0 Å². The predicted molar refractivity (Wildman–Crippen MR) is 255 cm³/mol. The molecule has 0 amide bonds. The van der Waals surface area contributed by atoms with Crippen molar-refractivity contribution in [3.63, 3.8) is 0 Å². The Balaban J connectivity index is -0.000000256. The molecular weight excluding hydrogens is 679 g/mol. The lowest BCUT2D eigenvalue weighted by Gasteiger charge is -2.26. The van der Waals surface area contributed by atoms with E-state index in [9.17, 15) is 5.11 Å². The van der Waals surface area contributed by atoms with Gasteiger partial charge in [-0.3, -0.25) is 0 Å². The number of aliphatic hydroxyl groups excluding tert-OH is 2. The zero-order chi connectivity index (χ0) is 41.3. The lowest BCUT2D eigenvalue weighted by molar-refractivity contribution is 0.179. The summed E-state index contributed by atoms with van der Waals surface area (Å²) < 4.78 is 0. The molecule has 0 fully saturated rings. The Kier molecular flexibility index (Phi) is 52.0. The largest absolute Gasteiger partial charge is 0.400 e. The van der Waals surface area contributed by atoms with Gasteiger partial charge in [0.15, 0.2) is 0 Å². The maximum absolute atomic E-state index is 9.40. The summed E-state index contributed by atoms with van der Waals surface area (Å²) in [5.74, 6) is 0.728. The average Bonchev–Trinajstić information content (AvgIpc) is 3.13. The molecule has 0 saturated carbocycles. The molecule has 54 heavy (non-hydrogen) atoms. The van der Waals surface area contributed by atoms with Crippen LogP contribution < -0.4 is 5.32 Å². The average molecular weight is 776 g/mol. The quantitative estimate of drug-likeness (QED) is 0.0431. The zero-order valence-electron chi connectivity index (χ0n) is 37.4. The normalized spacial score (nSPS) is 11.1. The molecule has 1 aromatic rings. The molecule has 3 N–H and O–H groups in total. The fourth-order valence-electron chi connectivity index (χ4n) is 6.13. The van der Waals surface area contributed by atoms with Crippen LogP contribution in [-0.2, 0) is 6.42 Å². The Bertz CT molecular complexity index is 954. The number of unbranched alkanes of at least 4 members (excludes halogenated alkanes) is 14. The first kappa shape index (κ1) is 61.5. The van der Waals surface area contributed by atoms with Crippen molar-refractivity contribution in [3.05, 3.63) is 78.6 Å². The SMILES string of the molecule is C.C=CC.C=CCCCCCCCCCCCCCCC(=C)NC.CC.CC(C)=C(S)c1ccc(CC(CCCCCC(C)O)CC(C)(C)C)cc1.CO. The maximum atomic E-state index is 9.40. The molecule has 4 heteroatoms. The van der Waals surface area contributed by atoms with Gasteiger partial charge in [0, 0.05) is 24.8 Å². The Morgan fingerprint density at radius 3 is 1.57 bits per heavy atom. The molecule has 0 bridgehead atoms. The van der Waals surface area contributed by atoms with Crippen LogP contribution in [0.2, 0.25) is 0 Å². The molecule has 3 nitrogen and oxygen atoms in total. The molecule has 1 rings (SSSR count). The van der Waals surface area contributed by atoms with Gasteiger partial charge in [-0.25, -0.2) is 0 Å². The highest BCUT2D eigenvalue weighted by molar-refractivity contribution is 7.90. The van der Waals surface area contributed by atoms with E-state index in [0.29, 0.717) is 5.41 Å². The summed E-state index contributed by atoms with van der Waals surface area (Å²) in [6, 6.07) is 8.97. The molecule has 0 heterocycles. The Morgan fingerprint density at radius 1 is 0.778 bits per heavy atom. The van der Waals surface area contributed by atoms with Gasteiger partial charge in [0.1, 0.15) is 0 Å². The second kappa shape index (κ2) is 45.6. The molecule has 0 aliphatic heterocycles. The number of rotatable bonds is 26. The monoisotopic (exact) mass is 776 g/mol. The summed E-state index contributed by atoms with van der Waals surface area (Å²) in [4.78, 5) is 1.08. The first-order valence-corrected chi connectivity index (χ1v) is 21.9. The second-order valence-electron chi connectivity index (χ2n) is 15.7. The van der Waals surface area contributed by atoms with Crippen LogP contribution in [0.1, 0.15) is 209 Å². The topological polar surface area (TPSA) is 52.5 Å². The minimum atomic E-state index is -0.156. The summed E-state index contributed by atoms with van der Waals surface area (Å²) in [6.07, 6.45) is 31.1. The number of nitrogens with one attached hydrogen (secondary N) is 1. The highest BCUT2D eigenvalue weighted by Crippen LogP contribution is 2.31. The molecular formula is C50H97NO2S. The van der Waals surface area contributed by atoms with E-state index >= 15 is 0 Å². The van der Waals surface area contributed by atoms with Crippen LogP contribution in [-0.4, -0.2) is 30.5 Å². The summed E-state index contributed by atoms with van der Waals surface area (Å²) in [5.41, 5.74) is 5.44. The van der Waals surface area contributed by atoms with Crippen molar-refractivity contribution in [2.24, 2.45) is 11.3 Å². The first-order valence-electron chi connectivity index (χ1n) is 21.4. The lowest BCUT2D eigenvalue weighted by Crippen LogP contribution is -2.15.